The van der Waals surface area contributed by atoms with Crippen LogP contribution in [0.2, 0.25) is 0 Å². The first kappa shape index (κ1) is 13.6. The molecule has 1 aliphatic rings. The highest BCUT2D eigenvalue weighted by atomic mass is 16.7. The second kappa shape index (κ2) is 5.93. The van der Waals surface area contributed by atoms with E-state index in [-0.39, 0.29) is 12.8 Å². The second-order valence-corrected chi connectivity index (χ2v) is 4.71. The van der Waals surface area contributed by atoms with Crippen LogP contribution in [0.3, 0.4) is 0 Å². The molecule has 2 aromatic carbocycles. The van der Waals surface area contributed by atoms with Crippen molar-refractivity contribution >= 4 is 0 Å². The molecule has 0 fully saturated rings. The fraction of sp³-hybridized carbons (Fsp3) is 0.250. The fourth-order valence-corrected chi connectivity index (χ4v) is 2.12. The normalized spacial score (nSPS) is 13.8. The van der Waals surface area contributed by atoms with Crippen molar-refractivity contribution in [2.75, 3.05) is 20.5 Å². The number of nitrogens with two attached hydrogens (primary N) is 1. The minimum Gasteiger partial charge on any atom is -0.497 e. The molecule has 1 aliphatic heterocycles. The van der Waals surface area contributed by atoms with Gasteiger partial charge in [-0.05, 0) is 29.8 Å². The van der Waals surface area contributed by atoms with Gasteiger partial charge < -0.3 is 24.7 Å². The van der Waals surface area contributed by atoms with E-state index in [1.165, 1.54) is 0 Å². The van der Waals surface area contributed by atoms with E-state index in [1.807, 2.05) is 36.4 Å². The molecule has 0 saturated heterocycles. The highest BCUT2D eigenvalue weighted by Gasteiger charge is 2.14. The topological polar surface area (TPSA) is 62.9 Å². The predicted molar refractivity (Wildman–Crippen MR) is 78.0 cm³/mol. The van der Waals surface area contributed by atoms with Gasteiger partial charge in [0.15, 0.2) is 11.5 Å². The van der Waals surface area contributed by atoms with Crippen LogP contribution in [0, 0.1) is 0 Å². The van der Waals surface area contributed by atoms with Crippen LogP contribution in [0.5, 0.6) is 23.0 Å². The van der Waals surface area contributed by atoms with E-state index in [1.54, 1.807) is 13.2 Å². The van der Waals surface area contributed by atoms with Crippen molar-refractivity contribution in [3.8, 4) is 23.0 Å². The Morgan fingerprint density at radius 3 is 2.81 bits per heavy atom. The summed E-state index contributed by atoms with van der Waals surface area (Å²) in [5.41, 5.74) is 7.11. The SMILES string of the molecule is COc1cccc(C(N)COc2ccc3c(c2)OCO3)c1. The lowest BCUT2D eigenvalue weighted by atomic mass is 10.1. The average Bonchev–Trinajstić information content (AvgIpc) is 3.00. The molecule has 2 N–H and O–H groups in total. The van der Waals surface area contributed by atoms with E-state index in [9.17, 15) is 0 Å². The molecule has 0 aromatic heterocycles. The molecule has 0 bridgehead atoms. The summed E-state index contributed by atoms with van der Waals surface area (Å²) >= 11 is 0. The quantitative estimate of drug-likeness (QED) is 0.915. The van der Waals surface area contributed by atoms with E-state index in [0.29, 0.717) is 18.1 Å². The summed E-state index contributed by atoms with van der Waals surface area (Å²) in [7, 11) is 1.63. The third-order valence-corrected chi connectivity index (χ3v) is 3.30. The average molecular weight is 287 g/mol. The highest BCUT2D eigenvalue weighted by molar-refractivity contribution is 5.46. The standard InChI is InChI=1S/C16H17NO4/c1-18-12-4-2-3-11(7-12)14(17)9-19-13-5-6-15-16(8-13)21-10-20-15/h2-8,14H,9-10,17H2,1H3. The molecule has 0 amide bonds. The molecule has 1 unspecified atom stereocenters. The van der Waals surface area contributed by atoms with Gasteiger partial charge >= 0.3 is 0 Å². The number of rotatable bonds is 5. The molecule has 0 radical (unpaired) electrons. The first-order valence-electron chi connectivity index (χ1n) is 6.68. The first-order chi connectivity index (χ1) is 10.3. The fourth-order valence-electron chi connectivity index (χ4n) is 2.12. The van der Waals surface area contributed by atoms with Crippen LogP contribution in [0.1, 0.15) is 11.6 Å². The molecular weight excluding hydrogens is 270 g/mol. The van der Waals surface area contributed by atoms with E-state index in [2.05, 4.69) is 0 Å². The summed E-state index contributed by atoms with van der Waals surface area (Å²) in [4.78, 5) is 0. The zero-order chi connectivity index (χ0) is 14.7. The molecular formula is C16H17NO4. The van der Waals surface area contributed by atoms with Crippen molar-refractivity contribution in [3.63, 3.8) is 0 Å². The van der Waals surface area contributed by atoms with Gasteiger partial charge in [0.25, 0.3) is 0 Å². The van der Waals surface area contributed by atoms with Crippen LogP contribution in [0.4, 0.5) is 0 Å². The Kier molecular flexibility index (Phi) is 3.83. The number of benzene rings is 2. The van der Waals surface area contributed by atoms with Crippen LogP contribution in [0.15, 0.2) is 42.5 Å². The molecule has 5 heteroatoms. The van der Waals surface area contributed by atoms with Crippen LogP contribution < -0.4 is 24.7 Å². The summed E-state index contributed by atoms with van der Waals surface area (Å²) < 4.78 is 21.5. The summed E-state index contributed by atoms with van der Waals surface area (Å²) in [6.45, 7) is 0.620. The monoisotopic (exact) mass is 287 g/mol. The van der Waals surface area contributed by atoms with Gasteiger partial charge in [0.05, 0.1) is 13.2 Å². The molecule has 1 atom stereocenters. The molecule has 0 spiro atoms. The van der Waals surface area contributed by atoms with Gasteiger partial charge in [-0.1, -0.05) is 12.1 Å². The van der Waals surface area contributed by atoms with Gasteiger partial charge in [-0.25, -0.2) is 0 Å². The Bertz CT molecular complexity index is 629. The maximum atomic E-state index is 6.14. The highest BCUT2D eigenvalue weighted by Crippen LogP contribution is 2.35. The lowest BCUT2D eigenvalue weighted by molar-refractivity contribution is 0.173. The van der Waals surface area contributed by atoms with Crippen LogP contribution in [-0.4, -0.2) is 20.5 Å². The third-order valence-electron chi connectivity index (χ3n) is 3.30. The number of methoxy groups -OCH3 is 1. The van der Waals surface area contributed by atoms with E-state index >= 15 is 0 Å². The Labute approximate surface area is 123 Å². The zero-order valence-electron chi connectivity index (χ0n) is 11.7. The Morgan fingerprint density at radius 1 is 1.10 bits per heavy atom. The molecule has 21 heavy (non-hydrogen) atoms. The maximum Gasteiger partial charge on any atom is 0.231 e. The predicted octanol–water partition coefficient (Wildman–Crippen LogP) is 2.50. The molecule has 0 aliphatic carbocycles. The molecule has 110 valence electrons. The van der Waals surface area contributed by atoms with E-state index in [0.717, 1.165) is 17.1 Å². The number of fused-ring (bicyclic) bond motifs is 1. The summed E-state index contributed by atoms with van der Waals surface area (Å²) in [5.74, 6) is 2.92. The molecule has 1 heterocycles. The van der Waals surface area contributed by atoms with Crippen molar-refractivity contribution in [1.82, 2.24) is 0 Å². The second-order valence-electron chi connectivity index (χ2n) is 4.71. The van der Waals surface area contributed by atoms with E-state index in [4.69, 9.17) is 24.7 Å². The minimum absolute atomic E-state index is 0.231. The number of ether oxygens (including phenoxy) is 4. The molecule has 0 saturated carbocycles. The Morgan fingerprint density at radius 2 is 1.95 bits per heavy atom. The summed E-state index contributed by atoms with van der Waals surface area (Å²) in [6.07, 6.45) is 0. The number of hydrogen-bond acceptors (Lipinski definition) is 5. The maximum absolute atomic E-state index is 6.14. The zero-order valence-corrected chi connectivity index (χ0v) is 11.7. The Hall–Kier alpha value is -2.40. The number of hydrogen-bond donors (Lipinski definition) is 1. The van der Waals surface area contributed by atoms with Gasteiger partial charge in [0, 0.05) is 6.07 Å². The summed E-state index contributed by atoms with van der Waals surface area (Å²) in [6, 6.07) is 12.9. The minimum atomic E-state index is -0.231. The van der Waals surface area contributed by atoms with Gasteiger partial charge in [0.2, 0.25) is 6.79 Å². The van der Waals surface area contributed by atoms with Crippen molar-refractivity contribution in [1.29, 1.82) is 0 Å². The van der Waals surface area contributed by atoms with Crippen molar-refractivity contribution < 1.29 is 18.9 Å². The van der Waals surface area contributed by atoms with Crippen molar-refractivity contribution in [2.45, 2.75) is 6.04 Å². The lowest BCUT2D eigenvalue weighted by Crippen LogP contribution is -2.19. The van der Waals surface area contributed by atoms with Crippen LogP contribution >= 0.6 is 0 Å². The Balaban J connectivity index is 1.64. The smallest absolute Gasteiger partial charge is 0.231 e. The van der Waals surface area contributed by atoms with Crippen LogP contribution in [0.25, 0.3) is 0 Å². The van der Waals surface area contributed by atoms with Gasteiger partial charge in [-0.3, -0.25) is 0 Å². The van der Waals surface area contributed by atoms with Gasteiger partial charge in [0.1, 0.15) is 18.1 Å². The van der Waals surface area contributed by atoms with Crippen molar-refractivity contribution in [2.24, 2.45) is 5.73 Å². The summed E-state index contributed by atoms with van der Waals surface area (Å²) in [5, 5.41) is 0. The van der Waals surface area contributed by atoms with Gasteiger partial charge in [-0.15, -0.1) is 0 Å². The lowest BCUT2D eigenvalue weighted by Gasteiger charge is -2.14. The van der Waals surface area contributed by atoms with E-state index < -0.39 is 0 Å². The van der Waals surface area contributed by atoms with Crippen molar-refractivity contribution in [3.05, 3.63) is 48.0 Å². The first-order valence-corrected chi connectivity index (χ1v) is 6.68. The molecule has 3 rings (SSSR count). The molecule has 5 nitrogen and oxygen atoms in total. The largest absolute Gasteiger partial charge is 0.497 e. The molecule has 2 aromatic rings. The van der Waals surface area contributed by atoms with Gasteiger partial charge in [-0.2, -0.15) is 0 Å². The third kappa shape index (κ3) is 3.03. The van der Waals surface area contributed by atoms with Crippen LogP contribution in [-0.2, 0) is 0 Å².